The smallest absolute Gasteiger partial charge is 0.0719 e. The Kier molecular flexibility index (Phi) is 3.55. The second-order valence-electron chi connectivity index (χ2n) is 5.72. The van der Waals surface area contributed by atoms with E-state index < -0.39 is 0 Å². The van der Waals surface area contributed by atoms with E-state index in [0.717, 1.165) is 25.9 Å². The number of likely N-dealkylation sites (tertiary alicyclic amines) is 1. The van der Waals surface area contributed by atoms with Gasteiger partial charge < -0.3 is 5.11 Å². The van der Waals surface area contributed by atoms with E-state index >= 15 is 0 Å². The molecule has 17 heavy (non-hydrogen) atoms. The highest BCUT2D eigenvalue weighted by Crippen LogP contribution is 2.29. The second kappa shape index (κ2) is 4.79. The van der Waals surface area contributed by atoms with Gasteiger partial charge in [0.1, 0.15) is 0 Å². The van der Waals surface area contributed by atoms with Crippen molar-refractivity contribution in [3.63, 3.8) is 0 Å². The maximum absolute atomic E-state index is 10.1. The fourth-order valence-corrected chi connectivity index (χ4v) is 2.64. The average Bonchev–Trinajstić information content (AvgIpc) is 2.25. The molecule has 0 spiro atoms. The lowest BCUT2D eigenvalue weighted by Crippen LogP contribution is -2.55. The molecule has 94 valence electrons. The first-order chi connectivity index (χ1) is 8.00. The van der Waals surface area contributed by atoms with Gasteiger partial charge in [-0.05, 0) is 45.7 Å². The molecule has 0 amide bonds. The molecule has 1 aromatic rings. The highest BCUT2D eigenvalue weighted by Gasteiger charge is 2.37. The minimum Gasteiger partial charge on any atom is -0.391 e. The lowest BCUT2D eigenvalue weighted by molar-refractivity contribution is -0.0481. The van der Waals surface area contributed by atoms with Crippen molar-refractivity contribution in [3.8, 4) is 0 Å². The van der Waals surface area contributed by atoms with Crippen LogP contribution in [0.3, 0.4) is 0 Å². The van der Waals surface area contributed by atoms with Crippen LogP contribution in [0.15, 0.2) is 24.3 Å². The van der Waals surface area contributed by atoms with Crippen LogP contribution in [0.5, 0.6) is 0 Å². The van der Waals surface area contributed by atoms with Gasteiger partial charge in [0.05, 0.1) is 6.10 Å². The largest absolute Gasteiger partial charge is 0.391 e. The highest BCUT2D eigenvalue weighted by atomic mass is 16.3. The fraction of sp³-hybridized carbons (Fsp3) is 0.600. The topological polar surface area (TPSA) is 23.5 Å². The fourth-order valence-electron chi connectivity index (χ4n) is 2.64. The monoisotopic (exact) mass is 233 g/mol. The molecule has 1 atom stereocenters. The van der Waals surface area contributed by atoms with Crippen molar-refractivity contribution in [1.82, 2.24) is 4.90 Å². The van der Waals surface area contributed by atoms with Gasteiger partial charge in [0.15, 0.2) is 0 Å². The number of aliphatic hydroxyl groups excluding tert-OH is 1. The van der Waals surface area contributed by atoms with Gasteiger partial charge in [-0.3, -0.25) is 4.90 Å². The molecule has 1 aromatic carbocycles. The van der Waals surface area contributed by atoms with Crippen molar-refractivity contribution >= 4 is 0 Å². The first-order valence-corrected chi connectivity index (χ1v) is 6.49. The minimum atomic E-state index is -0.207. The normalized spacial score (nSPS) is 24.8. The summed E-state index contributed by atoms with van der Waals surface area (Å²) in [6.07, 6.45) is 1.81. The first-order valence-electron chi connectivity index (χ1n) is 6.49. The Labute approximate surface area is 104 Å². The van der Waals surface area contributed by atoms with Crippen LogP contribution in [-0.4, -0.2) is 28.2 Å². The molecule has 1 aliphatic heterocycles. The predicted molar refractivity (Wildman–Crippen MR) is 70.9 cm³/mol. The van der Waals surface area contributed by atoms with Crippen LogP contribution in [0.4, 0.5) is 0 Å². The van der Waals surface area contributed by atoms with E-state index in [1.807, 2.05) is 0 Å². The second-order valence-corrected chi connectivity index (χ2v) is 5.72. The van der Waals surface area contributed by atoms with Crippen LogP contribution in [0, 0.1) is 6.92 Å². The number of hydrogen-bond acceptors (Lipinski definition) is 2. The Balaban J connectivity index is 2.12. The zero-order valence-corrected chi connectivity index (χ0v) is 11.1. The third-order valence-corrected chi connectivity index (χ3v) is 3.99. The quantitative estimate of drug-likeness (QED) is 0.849. The molecule has 2 heteroatoms. The Morgan fingerprint density at radius 1 is 1.41 bits per heavy atom. The van der Waals surface area contributed by atoms with Gasteiger partial charge in [0.2, 0.25) is 0 Å². The molecule has 2 rings (SSSR count). The van der Waals surface area contributed by atoms with Gasteiger partial charge >= 0.3 is 0 Å². The molecular formula is C15H23NO. The summed E-state index contributed by atoms with van der Waals surface area (Å²) in [6.45, 7) is 8.43. The number of hydrogen-bond donors (Lipinski definition) is 1. The molecule has 1 saturated heterocycles. The molecule has 0 bridgehead atoms. The van der Waals surface area contributed by atoms with Crippen LogP contribution in [0.2, 0.25) is 0 Å². The third kappa shape index (κ3) is 2.70. The maximum Gasteiger partial charge on any atom is 0.0719 e. The summed E-state index contributed by atoms with van der Waals surface area (Å²) in [5.74, 6) is 0. The summed E-state index contributed by atoms with van der Waals surface area (Å²) in [6, 6.07) is 8.64. The van der Waals surface area contributed by atoms with Crippen molar-refractivity contribution < 1.29 is 5.11 Å². The summed E-state index contributed by atoms with van der Waals surface area (Å²) in [4.78, 5) is 2.40. The molecule has 0 aliphatic carbocycles. The first kappa shape index (κ1) is 12.6. The summed E-state index contributed by atoms with van der Waals surface area (Å²) < 4.78 is 0. The molecule has 0 radical (unpaired) electrons. The van der Waals surface area contributed by atoms with Gasteiger partial charge in [0.25, 0.3) is 0 Å². The molecule has 2 nitrogen and oxygen atoms in total. The third-order valence-electron chi connectivity index (χ3n) is 3.99. The van der Waals surface area contributed by atoms with Crippen LogP contribution in [0.1, 0.15) is 37.8 Å². The van der Waals surface area contributed by atoms with Crippen molar-refractivity contribution in [2.75, 3.05) is 6.54 Å². The lowest BCUT2D eigenvalue weighted by Gasteiger charge is -2.46. The SMILES string of the molecule is Cc1cccc(CN2CCCC(O)C2(C)C)c1. The number of benzene rings is 1. The summed E-state index contributed by atoms with van der Waals surface area (Å²) in [5.41, 5.74) is 2.53. The number of aryl methyl sites for hydroxylation is 1. The number of rotatable bonds is 2. The Hall–Kier alpha value is -0.860. The van der Waals surface area contributed by atoms with Crippen LogP contribution < -0.4 is 0 Å². The number of aliphatic hydroxyl groups is 1. The van der Waals surface area contributed by atoms with Crippen LogP contribution in [0.25, 0.3) is 0 Å². The molecule has 1 N–H and O–H groups in total. The van der Waals surface area contributed by atoms with E-state index in [2.05, 4.69) is 49.9 Å². The van der Waals surface area contributed by atoms with E-state index in [0.29, 0.717) is 0 Å². The van der Waals surface area contributed by atoms with Crippen molar-refractivity contribution in [2.24, 2.45) is 0 Å². The summed E-state index contributed by atoms with van der Waals surface area (Å²) in [5, 5.41) is 10.1. The minimum absolute atomic E-state index is 0.109. The Morgan fingerprint density at radius 3 is 2.88 bits per heavy atom. The molecule has 0 aromatic heterocycles. The Bertz CT molecular complexity index is 386. The zero-order valence-electron chi connectivity index (χ0n) is 11.1. The Morgan fingerprint density at radius 2 is 2.18 bits per heavy atom. The van der Waals surface area contributed by atoms with Gasteiger partial charge in [-0.15, -0.1) is 0 Å². The van der Waals surface area contributed by atoms with Gasteiger partial charge in [-0.2, -0.15) is 0 Å². The standard InChI is InChI=1S/C15H23NO/c1-12-6-4-7-13(10-12)11-16-9-5-8-14(17)15(16,2)3/h4,6-7,10,14,17H,5,8-9,11H2,1-3H3. The van der Waals surface area contributed by atoms with Gasteiger partial charge in [-0.25, -0.2) is 0 Å². The molecule has 1 heterocycles. The van der Waals surface area contributed by atoms with Crippen molar-refractivity contribution in [1.29, 1.82) is 0 Å². The number of nitrogens with zero attached hydrogens (tertiary/aromatic N) is 1. The molecule has 1 fully saturated rings. The molecular weight excluding hydrogens is 210 g/mol. The number of piperidine rings is 1. The molecule has 1 aliphatic rings. The zero-order chi connectivity index (χ0) is 12.5. The van der Waals surface area contributed by atoms with Crippen molar-refractivity contribution in [3.05, 3.63) is 35.4 Å². The van der Waals surface area contributed by atoms with Gasteiger partial charge in [0, 0.05) is 12.1 Å². The van der Waals surface area contributed by atoms with Crippen LogP contribution in [-0.2, 0) is 6.54 Å². The van der Waals surface area contributed by atoms with Crippen molar-refractivity contribution in [2.45, 2.75) is 51.8 Å². The lowest BCUT2D eigenvalue weighted by atomic mass is 9.87. The summed E-state index contributed by atoms with van der Waals surface area (Å²) >= 11 is 0. The average molecular weight is 233 g/mol. The van der Waals surface area contributed by atoms with E-state index in [4.69, 9.17) is 0 Å². The van der Waals surface area contributed by atoms with Crippen LogP contribution >= 0.6 is 0 Å². The van der Waals surface area contributed by atoms with E-state index in [-0.39, 0.29) is 11.6 Å². The molecule has 0 saturated carbocycles. The predicted octanol–water partition coefficient (Wildman–Crippen LogP) is 2.73. The van der Waals surface area contributed by atoms with E-state index in [1.165, 1.54) is 11.1 Å². The van der Waals surface area contributed by atoms with Gasteiger partial charge in [-0.1, -0.05) is 29.8 Å². The van der Waals surface area contributed by atoms with E-state index in [9.17, 15) is 5.11 Å². The molecule has 1 unspecified atom stereocenters. The maximum atomic E-state index is 10.1. The summed E-state index contributed by atoms with van der Waals surface area (Å²) in [7, 11) is 0. The van der Waals surface area contributed by atoms with E-state index in [1.54, 1.807) is 0 Å². The highest BCUT2D eigenvalue weighted by molar-refractivity contribution is 5.22.